The highest BCUT2D eigenvalue weighted by molar-refractivity contribution is 6.07. The Kier molecular flexibility index (Phi) is 4.96. The highest BCUT2D eigenvalue weighted by atomic mass is 16.1. The van der Waals surface area contributed by atoms with E-state index in [0.29, 0.717) is 11.5 Å². The zero-order valence-corrected chi connectivity index (χ0v) is 16.6. The van der Waals surface area contributed by atoms with Crippen LogP contribution in [0.15, 0.2) is 58.5 Å². The minimum absolute atomic E-state index is 0.137. The summed E-state index contributed by atoms with van der Waals surface area (Å²) in [5, 5.41) is 2.98. The number of hydrogen-bond donors (Lipinski definition) is 3. The minimum atomic E-state index is -0.477. The largest absolute Gasteiger partial charge is 0.369 e. The van der Waals surface area contributed by atoms with Crippen molar-refractivity contribution in [2.75, 3.05) is 10.2 Å². The molecule has 1 aliphatic carbocycles. The third-order valence-electron chi connectivity index (χ3n) is 5.60. The van der Waals surface area contributed by atoms with Crippen molar-refractivity contribution in [1.29, 1.82) is 0 Å². The molecule has 0 atom stereocenters. The van der Waals surface area contributed by atoms with Gasteiger partial charge in [-0.1, -0.05) is 24.6 Å². The van der Waals surface area contributed by atoms with Crippen molar-refractivity contribution in [2.24, 2.45) is 21.5 Å². The lowest BCUT2D eigenvalue weighted by Gasteiger charge is -2.45. The predicted molar refractivity (Wildman–Crippen MR) is 117 cm³/mol. The van der Waals surface area contributed by atoms with E-state index in [1.54, 1.807) is 12.1 Å². The van der Waals surface area contributed by atoms with Gasteiger partial charge in [-0.2, -0.15) is 4.99 Å². The number of nitrogens with zero attached hydrogens (tertiary/aromatic N) is 3. The van der Waals surface area contributed by atoms with Gasteiger partial charge in [-0.3, -0.25) is 9.69 Å². The Morgan fingerprint density at radius 2 is 1.79 bits per heavy atom. The first kappa shape index (κ1) is 19.0. The van der Waals surface area contributed by atoms with Gasteiger partial charge in [0.05, 0.1) is 0 Å². The molecule has 1 spiro atoms. The summed E-state index contributed by atoms with van der Waals surface area (Å²) in [7, 11) is 0. The average molecular weight is 390 g/mol. The summed E-state index contributed by atoms with van der Waals surface area (Å²) in [6.07, 6.45) is 5.10. The lowest BCUT2D eigenvalue weighted by molar-refractivity contribution is 0.102. The van der Waals surface area contributed by atoms with Crippen molar-refractivity contribution < 1.29 is 4.79 Å². The molecule has 0 aromatic heterocycles. The molecule has 7 heteroatoms. The van der Waals surface area contributed by atoms with Crippen LogP contribution in [0.25, 0.3) is 0 Å². The fourth-order valence-electron chi connectivity index (χ4n) is 4.21. The van der Waals surface area contributed by atoms with Crippen molar-refractivity contribution in [3.8, 4) is 0 Å². The molecule has 2 aromatic rings. The number of hydrogen-bond acceptors (Lipinski definition) is 6. The number of carbonyl (C=O) groups is 1. The quantitative estimate of drug-likeness (QED) is 0.746. The van der Waals surface area contributed by atoms with E-state index < -0.39 is 5.66 Å². The second kappa shape index (κ2) is 7.58. The number of aliphatic imine (C=N–C) groups is 2. The summed E-state index contributed by atoms with van der Waals surface area (Å²) in [6.45, 7) is 1.96. The monoisotopic (exact) mass is 390 g/mol. The van der Waals surface area contributed by atoms with E-state index in [-0.39, 0.29) is 11.9 Å². The third-order valence-corrected chi connectivity index (χ3v) is 5.60. The van der Waals surface area contributed by atoms with Gasteiger partial charge in [0.25, 0.3) is 5.91 Å². The number of benzene rings is 2. The maximum absolute atomic E-state index is 12.5. The standard InChI is InChI=1S/C22H26N6O/c1-15-14-17(10-11-18(15)25-19(29)16-8-4-2-5-9-16)28-21(24)26-20(23)27-22(28)12-6-3-7-13-22/h2,4-5,8-11,14H,3,6-7,12-13H2,1H3,(H,25,29)(H4,23,24,26,27). The summed E-state index contributed by atoms with van der Waals surface area (Å²) in [5.74, 6) is 0.464. The SMILES string of the molecule is Cc1cc(N2C(N)=NC(N)=NC23CCCCC3)ccc1NC(=O)c1ccccc1. The van der Waals surface area contributed by atoms with Gasteiger partial charge in [-0.05, 0) is 68.5 Å². The van der Waals surface area contributed by atoms with Gasteiger partial charge in [-0.15, -0.1) is 0 Å². The van der Waals surface area contributed by atoms with Crippen LogP contribution in [-0.2, 0) is 0 Å². The molecular formula is C22H26N6O. The van der Waals surface area contributed by atoms with E-state index in [2.05, 4.69) is 10.3 Å². The Bertz CT molecular complexity index is 976. The van der Waals surface area contributed by atoms with Gasteiger partial charge < -0.3 is 16.8 Å². The Morgan fingerprint density at radius 3 is 2.48 bits per heavy atom. The highest BCUT2D eigenvalue weighted by Gasteiger charge is 2.42. The molecule has 1 saturated carbocycles. The van der Waals surface area contributed by atoms with Crippen LogP contribution in [0.5, 0.6) is 0 Å². The summed E-state index contributed by atoms with van der Waals surface area (Å²) in [6, 6.07) is 15.0. The molecular weight excluding hydrogens is 364 g/mol. The summed E-state index contributed by atoms with van der Waals surface area (Å²) < 4.78 is 0. The minimum Gasteiger partial charge on any atom is -0.369 e. The third kappa shape index (κ3) is 3.68. The van der Waals surface area contributed by atoms with Crippen molar-refractivity contribution >= 4 is 29.2 Å². The van der Waals surface area contributed by atoms with Crippen molar-refractivity contribution in [3.63, 3.8) is 0 Å². The molecule has 0 saturated heterocycles. The number of nitrogens with one attached hydrogen (secondary N) is 1. The highest BCUT2D eigenvalue weighted by Crippen LogP contribution is 2.40. The van der Waals surface area contributed by atoms with E-state index in [4.69, 9.17) is 16.5 Å². The average Bonchev–Trinajstić information content (AvgIpc) is 2.70. The van der Waals surface area contributed by atoms with Crippen LogP contribution >= 0.6 is 0 Å². The number of guanidine groups is 2. The maximum Gasteiger partial charge on any atom is 0.255 e. The molecule has 4 rings (SSSR count). The Morgan fingerprint density at radius 1 is 1.07 bits per heavy atom. The number of nitrogens with two attached hydrogens (primary N) is 2. The lowest BCUT2D eigenvalue weighted by Crippen LogP contribution is -2.58. The van der Waals surface area contributed by atoms with Gasteiger partial charge in [0.15, 0.2) is 0 Å². The molecule has 2 aliphatic rings. The van der Waals surface area contributed by atoms with Crippen LogP contribution in [0, 0.1) is 6.92 Å². The molecule has 0 unspecified atom stereocenters. The first-order valence-corrected chi connectivity index (χ1v) is 9.95. The molecule has 2 aromatic carbocycles. The van der Waals surface area contributed by atoms with Gasteiger partial charge in [0, 0.05) is 16.9 Å². The number of aryl methyl sites for hydroxylation is 1. The lowest BCUT2D eigenvalue weighted by atomic mass is 9.87. The molecule has 1 aliphatic heterocycles. The van der Waals surface area contributed by atoms with Gasteiger partial charge in [-0.25, -0.2) is 4.99 Å². The summed E-state index contributed by atoms with van der Waals surface area (Å²) in [4.78, 5) is 23.4. The number of rotatable bonds is 3. The first-order valence-electron chi connectivity index (χ1n) is 9.95. The zero-order valence-electron chi connectivity index (χ0n) is 16.6. The first-order chi connectivity index (χ1) is 14.0. The normalized spacial score (nSPS) is 18.2. The zero-order chi connectivity index (χ0) is 20.4. The molecule has 1 heterocycles. The van der Waals surface area contributed by atoms with E-state index in [9.17, 15) is 4.79 Å². The topological polar surface area (TPSA) is 109 Å². The Balaban J connectivity index is 1.63. The van der Waals surface area contributed by atoms with Gasteiger partial charge in [0.2, 0.25) is 11.9 Å². The van der Waals surface area contributed by atoms with Crippen molar-refractivity contribution in [3.05, 3.63) is 59.7 Å². The van der Waals surface area contributed by atoms with Crippen LogP contribution in [-0.4, -0.2) is 23.5 Å². The molecule has 5 N–H and O–H groups in total. The van der Waals surface area contributed by atoms with Crippen LogP contribution in [0.3, 0.4) is 0 Å². The van der Waals surface area contributed by atoms with Gasteiger partial charge >= 0.3 is 0 Å². The smallest absolute Gasteiger partial charge is 0.255 e. The second-order valence-corrected chi connectivity index (χ2v) is 7.64. The second-order valence-electron chi connectivity index (χ2n) is 7.64. The molecule has 0 radical (unpaired) electrons. The molecule has 7 nitrogen and oxygen atoms in total. The Labute approximate surface area is 170 Å². The molecule has 0 bridgehead atoms. The van der Waals surface area contributed by atoms with E-state index >= 15 is 0 Å². The molecule has 1 amide bonds. The van der Waals surface area contributed by atoms with E-state index in [1.807, 2.05) is 48.2 Å². The van der Waals surface area contributed by atoms with Gasteiger partial charge in [0.1, 0.15) is 5.66 Å². The van der Waals surface area contributed by atoms with Crippen molar-refractivity contribution in [1.82, 2.24) is 0 Å². The number of anilines is 2. The maximum atomic E-state index is 12.5. The van der Waals surface area contributed by atoms with Crippen LogP contribution in [0.2, 0.25) is 0 Å². The predicted octanol–water partition coefficient (Wildman–Crippen LogP) is 3.36. The van der Waals surface area contributed by atoms with E-state index in [1.165, 1.54) is 6.42 Å². The van der Waals surface area contributed by atoms with Crippen LogP contribution < -0.4 is 21.7 Å². The number of amides is 1. The summed E-state index contributed by atoms with van der Waals surface area (Å²) >= 11 is 0. The van der Waals surface area contributed by atoms with Crippen LogP contribution in [0.4, 0.5) is 11.4 Å². The number of carbonyl (C=O) groups excluding carboxylic acids is 1. The van der Waals surface area contributed by atoms with Crippen LogP contribution in [0.1, 0.15) is 48.0 Å². The van der Waals surface area contributed by atoms with E-state index in [0.717, 1.165) is 42.6 Å². The van der Waals surface area contributed by atoms with Crippen molar-refractivity contribution in [2.45, 2.75) is 44.7 Å². The molecule has 150 valence electrons. The molecule has 1 fully saturated rings. The summed E-state index contributed by atoms with van der Waals surface area (Å²) in [5.41, 5.74) is 15.0. The Hall–Kier alpha value is -3.35. The molecule has 29 heavy (non-hydrogen) atoms. The fraction of sp³-hybridized carbons (Fsp3) is 0.318. The fourth-order valence-corrected chi connectivity index (χ4v) is 4.21.